The van der Waals surface area contributed by atoms with Gasteiger partial charge in [0.05, 0.1) is 17.9 Å². The Balaban J connectivity index is 2.15. The van der Waals surface area contributed by atoms with E-state index < -0.39 is 0 Å². The van der Waals surface area contributed by atoms with Crippen molar-refractivity contribution in [3.63, 3.8) is 0 Å². The van der Waals surface area contributed by atoms with Crippen LogP contribution < -0.4 is 11.1 Å². The predicted octanol–water partition coefficient (Wildman–Crippen LogP) is 1.53. The lowest BCUT2D eigenvalue weighted by Gasteiger charge is -2.10. The molecule has 0 unspecified atom stereocenters. The minimum absolute atomic E-state index is 0.641. The van der Waals surface area contributed by atoms with Gasteiger partial charge in [-0.1, -0.05) is 6.92 Å². The van der Waals surface area contributed by atoms with Crippen LogP contribution in [-0.2, 0) is 20.1 Å². The highest BCUT2D eigenvalue weighted by Gasteiger charge is 2.12. The standard InChI is InChI=1S/C12H20N6/c1-4-6-18-12(11(13)9(2)16-18)15-8-10-14-5-7-17(10)3/h5,7,15H,4,6,8,13H2,1-3H3. The van der Waals surface area contributed by atoms with Crippen LogP contribution in [0.2, 0.25) is 0 Å². The van der Waals surface area contributed by atoms with Crippen molar-refractivity contribution in [2.75, 3.05) is 11.1 Å². The fourth-order valence-electron chi connectivity index (χ4n) is 1.89. The van der Waals surface area contributed by atoms with E-state index in [1.54, 1.807) is 6.20 Å². The van der Waals surface area contributed by atoms with Crippen LogP contribution in [0, 0.1) is 6.92 Å². The lowest BCUT2D eigenvalue weighted by Crippen LogP contribution is -2.11. The van der Waals surface area contributed by atoms with E-state index in [0.717, 1.165) is 36.0 Å². The predicted molar refractivity (Wildman–Crippen MR) is 72.2 cm³/mol. The molecule has 2 aromatic rings. The van der Waals surface area contributed by atoms with Crippen LogP contribution in [0.4, 0.5) is 11.5 Å². The monoisotopic (exact) mass is 248 g/mol. The minimum atomic E-state index is 0.641. The summed E-state index contributed by atoms with van der Waals surface area (Å²) < 4.78 is 3.91. The molecule has 0 saturated carbocycles. The fourth-order valence-corrected chi connectivity index (χ4v) is 1.89. The van der Waals surface area contributed by atoms with Gasteiger partial charge >= 0.3 is 0 Å². The van der Waals surface area contributed by atoms with Crippen molar-refractivity contribution >= 4 is 11.5 Å². The summed E-state index contributed by atoms with van der Waals surface area (Å²) in [5.41, 5.74) is 7.62. The first kappa shape index (κ1) is 12.5. The molecule has 0 atom stereocenters. The summed E-state index contributed by atoms with van der Waals surface area (Å²) in [7, 11) is 1.97. The first-order valence-corrected chi connectivity index (χ1v) is 6.16. The molecule has 2 aromatic heterocycles. The second kappa shape index (κ2) is 5.12. The molecule has 0 aliphatic heterocycles. The zero-order chi connectivity index (χ0) is 13.1. The molecule has 2 rings (SSSR count). The summed E-state index contributed by atoms with van der Waals surface area (Å²) in [6.45, 7) is 5.55. The van der Waals surface area contributed by atoms with Crippen molar-refractivity contribution in [2.45, 2.75) is 33.4 Å². The normalized spacial score (nSPS) is 10.8. The second-order valence-electron chi connectivity index (χ2n) is 4.38. The van der Waals surface area contributed by atoms with E-state index in [1.165, 1.54) is 0 Å². The van der Waals surface area contributed by atoms with Crippen molar-refractivity contribution in [1.29, 1.82) is 0 Å². The van der Waals surface area contributed by atoms with Crippen molar-refractivity contribution in [2.24, 2.45) is 7.05 Å². The molecule has 2 heterocycles. The average Bonchev–Trinajstić information content (AvgIpc) is 2.85. The summed E-state index contributed by atoms with van der Waals surface area (Å²) in [6, 6.07) is 0. The van der Waals surface area contributed by atoms with Crippen LogP contribution in [0.3, 0.4) is 0 Å². The van der Waals surface area contributed by atoms with Crippen LogP contribution in [0.25, 0.3) is 0 Å². The maximum absolute atomic E-state index is 6.04. The highest BCUT2D eigenvalue weighted by Crippen LogP contribution is 2.22. The summed E-state index contributed by atoms with van der Waals surface area (Å²) in [5.74, 6) is 1.86. The van der Waals surface area contributed by atoms with E-state index in [0.29, 0.717) is 6.54 Å². The van der Waals surface area contributed by atoms with E-state index in [-0.39, 0.29) is 0 Å². The zero-order valence-corrected chi connectivity index (χ0v) is 11.1. The van der Waals surface area contributed by atoms with E-state index in [1.807, 2.05) is 29.4 Å². The van der Waals surface area contributed by atoms with E-state index in [9.17, 15) is 0 Å². The lowest BCUT2D eigenvalue weighted by molar-refractivity contribution is 0.601. The van der Waals surface area contributed by atoms with Crippen molar-refractivity contribution < 1.29 is 0 Å². The van der Waals surface area contributed by atoms with Gasteiger partial charge in [0.2, 0.25) is 0 Å². The smallest absolute Gasteiger partial charge is 0.148 e. The number of hydrogen-bond donors (Lipinski definition) is 2. The molecule has 0 radical (unpaired) electrons. The molecule has 0 bridgehead atoms. The second-order valence-corrected chi connectivity index (χ2v) is 4.38. The molecule has 98 valence electrons. The third-order valence-corrected chi connectivity index (χ3v) is 2.94. The number of nitrogens with one attached hydrogen (secondary N) is 1. The average molecular weight is 248 g/mol. The van der Waals surface area contributed by atoms with Crippen LogP contribution in [-0.4, -0.2) is 19.3 Å². The first-order valence-electron chi connectivity index (χ1n) is 6.16. The maximum atomic E-state index is 6.04. The molecule has 3 N–H and O–H groups in total. The molecule has 0 spiro atoms. The van der Waals surface area contributed by atoms with Gasteiger partial charge in [0.25, 0.3) is 0 Å². The summed E-state index contributed by atoms with van der Waals surface area (Å²) >= 11 is 0. The topological polar surface area (TPSA) is 73.7 Å². The molecule has 18 heavy (non-hydrogen) atoms. The number of aromatic nitrogens is 4. The number of nitrogen functional groups attached to an aromatic ring is 1. The van der Waals surface area contributed by atoms with E-state index >= 15 is 0 Å². The number of nitrogens with zero attached hydrogens (tertiary/aromatic N) is 4. The van der Waals surface area contributed by atoms with Gasteiger partial charge in [-0.3, -0.25) is 0 Å². The Labute approximate surface area is 107 Å². The molecule has 0 fully saturated rings. The number of aryl methyl sites for hydroxylation is 3. The number of rotatable bonds is 5. The minimum Gasteiger partial charge on any atom is -0.394 e. The first-order chi connectivity index (χ1) is 8.63. The third-order valence-electron chi connectivity index (χ3n) is 2.94. The molecule has 0 amide bonds. The number of nitrogens with two attached hydrogens (primary N) is 1. The van der Waals surface area contributed by atoms with Gasteiger partial charge in [-0.15, -0.1) is 0 Å². The quantitative estimate of drug-likeness (QED) is 0.841. The van der Waals surface area contributed by atoms with Gasteiger partial charge in [-0.25, -0.2) is 9.67 Å². The zero-order valence-electron chi connectivity index (χ0n) is 11.1. The van der Waals surface area contributed by atoms with Crippen molar-refractivity contribution in [3.8, 4) is 0 Å². The van der Waals surface area contributed by atoms with Crippen LogP contribution in [0.5, 0.6) is 0 Å². The SMILES string of the molecule is CCCn1nc(C)c(N)c1NCc1nccn1C. The molecule has 0 aliphatic rings. The van der Waals surface area contributed by atoms with E-state index in [2.05, 4.69) is 22.3 Å². The molecule has 0 aliphatic carbocycles. The van der Waals surface area contributed by atoms with Gasteiger partial charge in [-0.05, 0) is 13.3 Å². The van der Waals surface area contributed by atoms with Gasteiger partial charge in [0.15, 0.2) is 0 Å². The Morgan fingerprint density at radius 1 is 1.44 bits per heavy atom. The Morgan fingerprint density at radius 2 is 2.22 bits per heavy atom. The highest BCUT2D eigenvalue weighted by atomic mass is 15.3. The van der Waals surface area contributed by atoms with E-state index in [4.69, 9.17) is 5.73 Å². The third kappa shape index (κ3) is 2.32. The van der Waals surface area contributed by atoms with Crippen LogP contribution in [0.1, 0.15) is 24.9 Å². The largest absolute Gasteiger partial charge is 0.394 e. The maximum Gasteiger partial charge on any atom is 0.148 e. The van der Waals surface area contributed by atoms with Crippen LogP contribution in [0.15, 0.2) is 12.4 Å². The van der Waals surface area contributed by atoms with Gasteiger partial charge < -0.3 is 15.6 Å². The van der Waals surface area contributed by atoms with Gasteiger partial charge in [0, 0.05) is 26.0 Å². The number of hydrogen-bond acceptors (Lipinski definition) is 4. The Morgan fingerprint density at radius 3 is 2.83 bits per heavy atom. The number of anilines is 2. The van der Waals surface area contributed by atoms with Gasteiger partial charge in [-0.2, -0.15) is 5.10 Å². The molecule has 0 aromatic carbocycles. The summed E-state index contributed by atoms with van der Waals surface area (Å²) in [4.78, 5) is 4.27. The summed E-state index contributed by atoms with van der Waals surface area (Å²) in [6.07, 6.45) is 4.74. The summed E-state index contributed by atoms with van der Waals surface area (Å²) in [5, 5.41) is 7.75. The van der Waals surface area contributed by atoms with Crippen molar-refractivity contribution in [1.82, 2.24) is 19.3 Å². The van der Waals surface area contributed by atoms with Gasteiger partial charge in [0.1, 0.15) is 11.6 Å². The molecular formula is C12H20N6. The Bertz CT molecular complexity index is 525. The Kier molecular flexibility index (Phi) is 3.55. The fraction of sp³-hybridized carbons (Fsp3) is 0.500. The Hall–Kier alpha value is -1.98. The van der Waals surface area contributed by atoms with Crippen molar-refractivity contribution in [3.05, 3.63) is 23.9 Å². The highest BCUT2D eigenvalue weighted by molar-refractivity contribution is 5.64. The molecule has 6 nitrogen and oxygen atoms in total. The molecule has 6 heteroatoms. The lowest BCUT2D eigenvalue weighted by atomic mass is 10.4. The molecular weight excluding hydrogens is 228 g/mol. The molecule has 0 saturated heterocycles. The number of imidazole rings is 1. The van der Waals surface area contributed by atoms with Crippen LogP contribution >= 0.6 is 0 Å².